The van der Waals surface area contributed by atoms with Crippen LogP contribution in [0.1, 0.15) is 24.4 Å². The Morgan fingerprint density at radius 2 is 1.95 bits per heavy atom. The average molecular weight is 271 g/mol. The van der Waals surface area contributed by atoms with Gasteiger partial charge in [-0.2, -0.15) is 0 Å². The molecule has 1 aromatic heterocycles. The topological polar surface area (TPSA) is 92.9 Å². The van der Waals surface area contributed by atoms with Crippen molar-refractivity contribution in [2.45, 2.75) is 19.9 Å². The molecule has 1 unspecified atom stereocenters. The van der Waals surface area contributed by atoms with Crippen LogP contribution in [0.2, 0.25) is 0 Å². The van der Waals surface area contributed by atoms with E-state index in [9.17, 15) is 4.79 Å². The molecule has 6 heteroatoms. The molecule has 0 radical (unpaired) electrons. The minimum absolute atomic E-state index is 0.00697. The number of rotatable bonds is 4. The molecule has 2 rings (SSSR count). The second-order valence-corrected chi connectivity index (χ2v) is 4.46. The number of aryl methyl sites for hydroxylation is 1. The average Bonchev–Trinajstić information content (AvgIpc) is 2.38. The molecule has 4 N–H and O–H groups in total. The molecule has 6 nitrogen and oxygen atoms in total. The SMILES string of the molecule is Cc1nccnc1C(C)Nc1cccc(NC(N)=O)c1. The molecular formula is C14H17N5O. The van der Waals surface area contributed by atoms with E-state index < -0.39 is 6.03 Å². The molecule has 1 atom stereocenters. The van der Waals surface area contributed by atoms with Crippen LogP contribution in [-0.2, 0) is 0 Å². The first-order valence-electron chi connectivity index (χ1n) is 6.27. The third kappa shape index (κ3) is 3.44. The summed E-state index contributed by atoms with van der Waals surface area (Å²) in [6, 6.07) is 6.76. The summed E-state index contributed by atoms with van der Waals surface area (Å²) >= 11 is 0. The lowest BCUT2D eigenvalue weighted by Crippen LogP contribution is -2.19. The zero-order valence-corrected chi connectivity index (χ0v) is 11.4. The number of carbonyl (C=O) groups excluding carboxylic acids is 1. The monoisotopic (exact) mass is 271 g/mol. The van der Waals surface area contributed by atoms with Crippen molar-refractivity contribution < 1.29 is 4.79 Å². The van der Waals surface area contributed by atoms with Crippen LogP contribution in [0.15, 0.2) is 36.7 Å². The summed E-state index contributed by atoms with van der Waals surface area (Å²) in [5.74, 6) is 0. The predicted octanol–water partition coefficient (Wildman–Crippen LogP) is 2.45. The van der Waals surface area contributed by atoms with Gasteiger partial charge in [-0.25, -0.2) is 4.79 Å². The fourth-order valence-corrected chi connectivity index (χ4v) is 1.99. The highest BCUT2D eigenvalue weighted by atomic mass is 16.2. The first kappa shape index (κ1) is 13.8. The van der Waals surface area contributed by atoms with Gasteiger partial charge in [-0.05, 0) is 32.0 Å². The Bertz CT molecular complexity index is 614. The van der Waals surface area contributed by atoms with Gasteiger partial charge in [-0.15, -0.1) is 0 Å². The molecule has 1 heterocycles. The van der Waals surface area contributed by atoms with Crippen molar-refractivity contribution in [1.82, 2.24) is 9.97 Å². The molecule has 0 aliphatic carbocycles. The maximum absolute atomic E-state index is 10.8. The summed E-state index contributed by atoms with van der Waals surface area (Å²) in [7, 11) is 0. The number of primary amides is 1. The van der Waals surface area contributed by atoms with Crippen LogP contribution in [0.25, 0.3) is 0 Å². The molecule has 0 saturated carbocycles. The van der Waals surface area contributed by atoms with Gasteiger partial charge in [0, 0.05) is 23.8 Å². The van der Waals surface area contributed by atoms with Gasteiger partial charge < -0.3 is 16.4 Å². The van der Waals surface area contributed by atoms with Crippen LogP contribution >= 0.6 is 0 Å². The molecule has 1 aromatic carbocycles. The molecule has 2 amide bonds. The largest absolute Gasteiger partial charge is 0.377 e. The lowest BCUT2D eigenvalue weighted by molar-refractivity contribution is 0.259. The minimum atomic E-state index is -0.583. The Hall–Kier alpha value is -2.63. The standard InChI is InChI=1S/C14H17N5O/c1-9-13(17-7-6-16-9)10(2)18-11-4-3-5-12(8-11)19-14(15)20/h3-8,10,18H,1-2H3,(H3,15,19,20). The van der Waals surface area contributed by atoms with E-state index in [0.29, 0.717) is 5.69 Å². The van der Waals surface area contributed by atoms with Crippen molar-refractivity contribution in [2.75, 3.05) is 10.6 Å². The summed E-state index contributed by atoms with van der Waals surface area (Å²) in [4.78, 5) is 19.4. The van der Waals surface area contributed by atoms with Crippen LogP contribution in [0.5, 0.6) is 0 Å². The van der Waals surface area contributed by atoms with Gasteiger partial charge in [0.05, 0.1) is 17.4 Å². The van der Waals surface area contributed by atoms with Crippen LogP contribution in [0, 0.1) is 6.92 Å². The smallest absolute Gasteiger partial charge is 0.316 e. The van der Waals surface area contributed by atoms with Crippen molar-refractivity contribution in [3.8, 4) is 0 Å². The van der Waals surface area contributed by atoms with E-state index >= 15 is 0 Å². The van der Waals surface area contributed by atoms with Gasteiger partial charge in [0.1, 0.15) is 0 Å². The van der Waals surface area contributed by atoms with Gasteiger partial charge in [-0.3, -0.25) is 9.97 Å². The Balaban J connectivity index is 2.13. The molecule has 0 spiro atoms. The van der Waals surface area contributed by atoms with E-state index in [-0.39, 0.29) is 6.04 Å². The fourth-order valence-electron chi connectivity index (χ4n) is 1.99. The van der Waals surface area contributed by atoms with Crippen molar-refractivity contribution in [1.29, 1.82) is 0 Å². The third-order valence-electron chi connectivity index (χ3n) is 2.84. The second kappa shape index (κ2) is 6.01. The number of nitrogens with zero attached hydrogens (tertiary/aromatic N) is 2. The van der Waals surface area contributed by atoms with Gasteiger partial charge in [0.2, 0.25) is 0 Å². The Morgan fingerprint density at radius 1 is 1.25 bits per heavy atom. The lowest BCUT2D eigenvalue weighted by Gasteiger charge is -2.16. The number of anilines is 2. The van der Waals surface area contributed by atoms with E-state index in [1.165, 1.54) is 0 Å². The molecule has 0 saturated heterocycles. The number of carbonyl (C=O) groups is 1. The maximum atomic E-state index is 10.8. The highest BCUT2D eigenvalue weighted by Gasteiger charge is 2.10. The Morgan fingerprint density at radius 3 is 2.65 bits per heavy atom. The van der Waals surface area contributed by atoms with Crippen molar-refractivity contribution >= 4 is 17.4 Å². The fraction of sp³-hybridized carbons (Fsp3) is 0.214. The van der Waals surface area contributed by atoms with Crippen LogP contribution < -0.4 is 16.4 Å². The number of hydrogen-bond acceptors (Lipinski definition) is 4. The first-order valence-corrected chi connectivity index (χ1v) is 6.27. The summed E-state index contributed by atoms with van der Waals surface area (Å²) < 4.78 is 0. The van der Waals surface area contributed by atoms with E-state index in [4.69, 9.17) is 5.73 Å². The molecule has 2 aromatic rings. The molecular weight excluding hydrogens is 254 g/mol. The van der Waals surface area contributed by atoms with Crippen molar-refractivity contribution in [3.05, 3.63) is 48.0 Å². The molecule has 20 heavy (non-hydrogen) atoms. The van der Waals surface area contributed by atoms with Gasteiger partial charge >= 0.3 is 6.03 Å². The summed E-state index contributed by atoms with van der Waals surface area (Å²) in [5.41, 5.74) is 8.39. The van der Waals surface area contributed by atoms with E-state index in [2.05, 4.69) is 20.6 Å². The molecule has 104 valence electrons. The van der Waals surface area contributed by atoms with Gasteiger partial charge in [0.15, 0.2) is 0 Å². The van der Waals surface area contributed by atoms with Crippen LogP contribution in [0.4, 0.5) is 16.2 Å². The highest BCUT2D eigenvalue weighted by Crippen LogP contribution is 2.21. The maximum Gasteiger partial charge on any atom is 0.316 e. The quantitative estimate of drug-likeness (QED) is 0.796. The Labute approximate surface area is 117 Å². The lowest BCUT2D eigenvalue weighted by atomic mass is 10.1. The molecule has 0 bridgehead atoms. The first-order chi connectivity index (χ1) is 9.56. The molecule has 0 aliphatic heterocycles. The normalized spacial score (nSPS) is 11.7. The summed E-state index contributed by atoms with van der Waals surface area (Å²) in [6.45, 7) is 3.93. The number of benzene rings is 1. The van der Waals surface area contributed by atoms with Crippen molar-refractivity contribution in [3.63, 3.8) is 0 Å². The number of hydrogen-bond donors (Lipinski definition) is 3. The minimum Gasteiger partial charge on any atom is -0.377 e. The van der Waals surface area contributed by atoms with Crippen LogP contribution in [-0.4, -0.2) is 16.0 Å². The van der Waals surface area contributed by atoms with E-state index in [1.54, 1.807) is 18.5 Å². The van der Waals surface area contributed by atoms with Gasteiger partial charge in [-0.1, -0.05) is 6.07 Å². The zero-order valence-electron chi connectivity index (χ0n) is 11.4. The van der Waals surface area contributed by atoms with E-state index in [1.807, 2.05) is 32.0 Å². The summed E-state index contributed by atoms with van der Waals surface area (Å²) in [6.07, 6.45) is 3.34. The highest BCUT2D eigenvalue weighted by molar-refractivity contribution is 5.88. The number of aromatic nitrogens is 2. The number of amides is 2. The molecule has 0 aliphatic rings. The predicted molar refractivity (Wildman–Crippen MR) is 78.5 cm³/mol. The number of nitrogens with one attached hydrogen (secondary N) is 2. The Kier molecular flexibility index (Phi) is 4.14. The third-order valence-corrected chi connectivity index (χ3v) is 2.84. The molecule has 0 fully saturated rings. The van der Waals surface area contributed by atoms with Gasteiger partial charge in [0.25, 0.3) is 0 Å². The van der Waals surface area contributed by atoms with Crippen molar-refractivity contribution in [2.24, 2.45) is 5.73 Å². The summed E-state index contributed by atoms with van der Waals surface area (Å²) in [5, 5.41) is 5.86. The number of urea groups is 1. The van der Waals surface area contributed by atoms with E-state index in [0.717, 1.165) is 17.1 Å². The van der Waals surface area contributed by atoms with Crippen LogP contribution in [0.3, 0.4) is 0 Å². The zero-order chi connectivity index (χ0) is 14.5. The number of nitrogens with two attached hydrogens (primary N) is 1. The second-order valence-electron chi connectivity index (χ2n) is 4.46.